The van der Waals surface area contributed by atoms with Crippen LogP contribution in [0.5, 0.6) is 5.88 Å². The number of urea groups is 1. The van der Waals surface area contributed by atoms with E-state index in [1.807, 2.05) is 6.07 Å². The van der Waals surface area contributed by atoms with Crippen molar-refractivity contribution in [2.24, 2.45) is 5.92 Å². The molecule has 0 unspecified atom stereocenters. The molecule has 0 radical (unpaired) electrons. The molecule has 21 heavy (non-hydrogen) atoms. The number of methoxy groups -OCH3 is 1. The second-order valence-corrected chi connectivity index (χ2v) is 4.99. The highest BCUT2D eigenvalue weighted by Crippen LogP contribution is 2.16. The van der Waals surface area contributed by atoms with E-state index in [0.717, 1.165) is 5.56 Å². The van der Waals surface area contributed by atoms with E-state index < -0.39 is 11.9 Å². The minimum Gasteiger partial charge on any atom is -0.481 e. The molecule has 1 aliphatic heterocycles. The quantitative estimate of drug-likeness (QED) is 0.867. The topological polar surface area (TPSA) is 91.8 Å². The van der Waals surface area contributed by atoms with Crippen molar-refractivity contribution in [2.75, 3.05) is 20.2 Å². The van der Waals surface area contributed by atoms with Crippen molar-refractivity contribution in [3.63, 3.8) is 0 Å². The number of aliphatic carboxylic acids is 1. The second-order valence-electron chi connectivity index (χ2n) is 4.99. The number of aromatic nitrogens is 1. The van der Waals surface area contributed by atoms with Gasteiger partial charge in [0.2, 0.25) is 5.88 Å². The van der Waals surface area contributed by atoms with Gasteiger partial charge in [-0.1, -0.05) is 6.07 Å². The van der Waals surface area contributed by atoms with Crippen LogP contribution in [0.1, 0.15) is 18.4 Å². The summed E-state index contributed by atoms with van der Waals surface area (Å²) < 4.78 is 4.96. The van der Waals surface area contributed by atoms with Crippen LogP contribution in [0.2, 0.25) is 0 Å². The average Bonchev–Trinajstić information content (AvgIpc) is 2.53. The fraction of sp³-hybridized carbons (Fsp3) is 0.500. The number of pyridine rings is 1. The lowest BCUT2D eigenvalue weighted by Gasteiger charge is -2.30. The highest BCUT2D eigenvalue weighted by molar-refractivity contribution is 5.76. The van der Waals surface area contributed by atoms with Gasteiger partial charge in [-0.2, -0.15) is 0 Å². The van der Waals surface area contributed by atoms with Crippen molar-refractivity contribution >= 4 is 12.0 Å². The number of carbonyl (C=O) groups excluding carboxylic acids is 1. The van der Waals surface area contributed by atoms with Crippen LogP contribution in [0, 0.1) is 5.92 Å². The molecule has 0 saturated carbocycles. The Balaban J connectivity index is 1.84. The monoisotopic (exact) mass is 293 g/mol. The Kier molecular flexibility index (Phi) is 4.97. The molecule has 1 aromatic heterocycles. The van der Waals surface area contributed by atoms with E-state index in [4.69, 9.17) is 9.84 Å². The van der Waals surface area contributed by atoms with Gasteiger partial charge in [0.05, 0.1) is 13.0 Å². The maximum Gasteiger partial charge on any atom is 0.317 e. The molecule has 2 heterocycles. The summed E-state index contributed by atoms with van der Waals surface area (Å²) in [6.07, 6.45) is 2.98. The van der Waals surface area contributed by atoms with Crippen molar-refractivity contribution in [1.29, 1.82) is 0 Å². The lowest BCUT2D eigenvalue weighted by atomic mass is 9.99. The molecule has 1 aliphatic rings. The maximum atomic E-state index is 12.0. The minimum atomic E-state index is -0.841. The Morgan fingerprint density at radius 1 is 1.52 bits per heavy atom. The summed E-state index contributed by atoms with van der Waals surface area (Å²) in [6, 6.07) is 3.31. The Hall–Kier alpha value is -2.31. The zero-order valence-corrected chi connectivity index (χ0v) is 11.9. The smallest absolute Gasteiger partial charge is 0.317 e. The van der Waals surface area contributed by atoms with Crippen LogP contribution in [0.15, 0.2) is 18.3 Å². The first-order valence-electron chi connectivity index (χ1n) is 6.84. The summed E-state index contributed by atoms with van der Waals surface area (Å²) in [5, 5.41) is 11.8. The third kappa shape index (κ3) is 4.08. The number of amides is 2. The van der Waals surface area contributed by atoms with Gasteiger partial charge in [0, 0.05) is 31.9 Å². The zero-order chi connectivity index (χ0) is 15.2. The molecule has 1 aromatic rings. The van der Waals surface area contributed by atoms with E-state index in [0.29, 0.717) is 31.8 Å². The number of nitrogens with zero attached hydrogens (tertiary/aromatic N) is 2. The first-order chi connectivity index (χ1) is 10.1. The molecule has 1 fully saturated rings. The van der Waals surface area contributed by atoms with Crippen molar-refractivity contribution < 1.29 is 19.4 Å². The van der Waals surface area contributed by atoms with E-state index in [-0.39, 0.29) is 12.6 Å². The van der Waals surface area contributed by atoms with E-state index in [9.17, 15) is 9.59 Å². The van der Waals surface area contributed by atoms with Crippen LogP contribution in [0.25, 0.3) is 0 Å². The van der Waals surface area contributed by atoms with Crippen LogP contribution in [-0.2, 0) is 11.3 Å². The number of piperidine rings is 1. The molecule has 2 N–H and O–H groups in total. The third-order valence-corrected chi connectivity index (χ3v) is 3.51. The molecule has 7 heteroatoms. The van der Waals surface area contributed by atoms with Crippen LogP contribution in [0.4, 0.5) is 4.79 Å². The van der Waals surface area contributed by atoms with Gasteiger partial charge < -0.3 is 20.1 Å². The molecule has 114 valence electrons. The molecule has 0 aliphatic carbocycles. The van der Waals surface area contributed by atoms with Gasteiger partial charge in [-0.05, 0) is 18.4 Å². The summed E-state index contributed by atoms with van der Waals surface area (Å²) in [4.78, 5) is 28.6. The zero-order valence-electron chi connectivity index (χ0n) is 11.9. The number of hydrogen-bond acceptors (Lipinski definition) is 4. The highest BCUT2D eigenvalue weighted by atomic mass is 16.5. The number of ether oxygens (including phenoxy) is 1. The number of carboxylic acid groups (broad SMARTS) is 1. The first kappa shape index (κ1) is 15.1. The largest absolute Gasteiger partial charge is 0.481 e. The van der Waals surface area contributed by atoms with E-state index in [1.165, 1.54) is 0 Å². The van der Waals surface area contributed by atoms with Gasteiger partial charge in [-0.3, -0.25) is 4.79 Å². The summed E-state index contributed by atoms with van der Waals surface area (Å²) in [7, 11) is 1.54. The van der Waals surface area contributed by atoms with Crippen LogP contribution in [0.3, 0.4) is 0 Å². The van der Waals surface area contributed by atoms with Crippen molar-refractivity contribution in [3.8, 4) is 5.88 Å². The Morgan fingerprint density at radius 2 is 2.33 bits per heavy atom. The summed E-state index contributed by atoms with van der Waals surface area (Å²) in [5.41, 5.74) is 0.857. The minimum absolute atomic E-state index is 0.239. The summed E-state index contributed by atoms with van der Waals surface area (Å²) in [5.74, 6) is -0.788. The number of likely N-dealkylation sites (tertiary alicyclic amines) is 1. The molecular formula is C14H19N3O4. The molecule has 7 nitrogen and oxygen atoms in total. The van der Waals surface area contributed by atoms with Gasteiger partial charge >= 0.3 is 12.0 Å². The average molecular weight is 293 g/mol. The summed E-state index contributed by atoms with van der Waals surface area (Å²) >= 11 is 0. The maximum absolute atomic E-state index is 12.0. The van der Waals surface area contributed by atoms with E-state index in [1.54, 1.807) is 24.3 Å². The number of carbonyl (C=O) groups is 2. The highest BCUT2D eigenvalue weighted by Gasteiger charge is 2.27. The second kappa shape index (κ2) is 6.92. The van der Waals surface area contributed by atoms with Gasteiger partial charge in [0.1, 0.15) is 0 Å². The fourth-order valence-corrected chi connectivity index (χ4v) is 2.29. The molecule has 1 atom stereocenters. The lowest BCUT2D eigenvalue weighted by Crippen LogP contribution is -2.46. The number of hydrogen-bond donors (Lipinski definition) is 2. The van der Waals surface area contributed by atoms with Gasteiger partial charge in [0.25, 0.3) is 0 Å². The molecule has 1 saturated heterocycles. The first-order valence-corrected chi connectivity index (χ1v) is 6.84. The molecule has 0 aromatic carbocycles. The molecule has 0 spiro atoms. The Labute approximate surface area is 122 Å². The number of carboxylic acids is 1. The Bertz CT molecular complexity index is 503. The van der Waals surface area contributed by atoms with Crippen molar-refractivity contribution in [2.45, 2.75) is 19.4 Å². The molecular weight excluding hydrogens is 274 g/mol. The number of nitrogens with one attached hydrogen (secondary N) is 1. The lowest BCUT2D eigenvalue weighted by molar-refractivity contribution is -0.143. The van der Waals surface area contributed by atoms with Gasteiger partial charge in [-0.15, -0.1) is 0 Å². The number of rotatable bonds is 4. The standard InChI is InChI=1S/C14H19N3O4/c1-21-12-5-4-10(7-15-12)8-16-14(20)17-6-2-3-11(9-17)13(18)19/h4-5,7,11H,2-3,6,8-9H2,1H3,(H,16,20)(H,18,19)/t11-/m1/s1. The third-order valence-electron chi connectivity index (χ3n) is 3.51. The van der Waals surface area contributed by atoms with Crippen LogP contribution in [-0.4, -0.2) is 47.2 Å². The van der Waals surface area contributed by atoms with Crippen LogP contribution >= 0.6 is 0 Å². The normalized spacial score (nSPS) is 18.1. The fourth-order valence-electron chi connectivity index (χ4n) is 2.29. The van der Waals surface area contributed by atoms with Gasteiger partial charge in [0.15, 0.2) is 0 Å². The van der Waals surface area contributed by atoms with Crippen molar-refractivity contribution in [3.05, 3.63) is 23.9 Å². The SMILES string of the molecule is COc1ccc(CNC(=O)N2CCC[C@@H](C(=O)O)C2)cn1. The predicted molar refractivity (Wildman–Crippen MR) is 75.0 cm³/mol. The molecule has 2 rings (SSSR count). The predicted octanol–water partition coefficient (Wildman–Crippen LogP) is 1.10. The van der Waals surface area contributed by atoms with Crippen LogP contribution < -0.4 is 10.1 Å². The molecule has 0 bridgehead atoms. The van der Waals surface area contributed by atoms with Gasteiger partial charge in [-0.25, -0.2) is 9.78 Å². The van der Waals surface area contributed by atoms with E-state index in [2.05, 4.69) is 10.3 Å². The Morgan fingerprint density at radius 3 is 2.95 bits per heavy atom. The molecule has 2 amide bonds. The van der Waals surface area contributed by atoms with E-state index >= 15 is 0 Å². The van der Waals surface area contributed by atoms with Crippen molar-refractivity contribution in [1.82, 2.24) is 15.2 Å². The summed E-state index contributed by atoms with van der Waals surface area (Å²) in [6.45, 7) is 1.21.